The second-order valence-corrected chi connectivity index (χ2v) is 7.09. The molecular weight excluding hydrogens is 425 g/mol. The topological polar surface area (TPSA) is 92.3 Å². The van der Waals surface area contributed by atoms with Crippen molar-refractivity contribution in [2.45, 2.75) is 18.6 Å². The van der Waals surface area contributed by atoms with Crippen LogP contribution in [0.2, 0.25) is 5.15 Å². The number of rotatable bonds is 2. The molecule has 1 aliphatic rings. The minimum absolute atomic E-state index is 0.137. The van der Waals surface area contributed by atoms with E-state index in [0.717, 1.165) is 5.69 Å². The van der Waals surface area contributed by atoms with E-state index in [-0.39, 0.29) is 6.54 Å². The summed E-state index contributed by atoms with van der Waals surface area (Å²) in [6, 6.07) is 6.07. The lowest BCUT2D eigenvalue weighted by atomic mass is 9.99. The van der Waals surface area contributed by atoms with Gasteiger partial charge in [-0.3, -0.25) is 4.79 Å². The smallest absolute Gasteiger partial charge is 0.437 e. The van der Waals surface area contributed by atoms with E-state index in [0.29, 0.717) is 34.9 Å². The van der Waals surface area contributed by atoms with Gasteiger partial charge in [0.25, 0.3) is 5.91 Å². The number of hydrogen-bond acceptors (Lipinski definition) is 5. The minimum atomic E-state index is -4.82. The second kappa shape index (κ2) is 6.59. The third kappa shape index (κ3) is 2.84. The minimum Gasteiger partial charge on any atom is -0.438 e. The van der Waals surface area contributed by atoms with Gasteiger partial charge in [-0.1, -0.05) is 17.7 Å². The van der Waals surface area contributed by atoms with Gasteiger partial charge in [0, 0.05) is 18.7 Å². The number of aromatic amines is 1. The number of aromatic nitrogens is 5. The fourth-order valence-corrected chi connectivity index (χ4v) is 3.87. The summed E-state index contributed by atoms with van der Waals surface area (Å²) < 4.78 is 46.1. The Labute approximate surface area is 171 Å². The maximum absolute atomic E-state index is 13.3. The van der Waals surface area contributed by atoms with Crippen molar-refractivity contribution in [3.63, 3.8) is 0 Å². The van der Waals surface area contributed by atoms with Crippen LogP contribution in [0.25, 0.3) is 5.52 Å². The monoisotopic (exact) mass is 436 g/mol. The van der Waals surface area contributed by atoms with Crippen LogP contribution in [-0.4, -0.2) is 41.9 Å². The van der Waals surface area contributed by atoms with Gasteiger partial charge in [0.1, 0.15) is 11.2 Å². The first-order valence-electron chi connectivity index (χ1n) is 8.82. The summed E-state index contributed by atoms with van der Waals surface area (Å²) in [5.41, 5.74) is 1.00. The quantitative estimate of drug-likeness (QED) is 0.485. The lowest BCUT2D eigenvalue weighted by Gasteiger charge is -2.33. The summed E-state index contributed by atoms with van der Waals surface area (Å²) in [4.78, 5) is 24.9. The molecule has 0 saturated heterocycles. The fourth-order valence-electron chi connectivity index (χ4n) is 3.66. The third-order valence-electron chi connectivity index (χ3n) is 4.96. The Balaban J connectivity index is 1.63. The zero-order valence-electron chi connectivity index (χ0n) is 15.0. The summed E-state index contributed by atoms with van der Waals surface area (Å²) in [6.45, 7) is 0.137. The number of imidazole rings is 1. The number of carbonyl (C=O) groups is 1. The van der Waals surface area contributed by atoms with Gasteiger partial charge in [0.2, 0.25) is 5.76 Å². The number of fused-ring (bicyclic) bond motifs is 2. The van der Waals surface area contributed by atoms with E-state index in [4.69, 9.17) is 16.0 Å². The molecule has 12 heteroatoms. The zero-order chi connectivity index (χ0) is 21.0. The Kier molecular flexibility index (Phi) is 4.10. The summed E-state index contributed by atoms with van der Waals surface area (Å²) >= 11 is 6.19. The van der Waals surface area contributed by atoms with E-state index >= 15 is 0 Å². The van der Waals surface area contributed by atoms with Crippen LogP contribution in [0.5, 0.6) is 0 Å². The molecule has 5 rings (SSSR count). The molecule has 1 amide bonds. The number of carbonyl (C=O) groups excluding carboxylic acids is 1. The Morgan fingerprint density at radius 3 is 2.90 bits per heavy atom. The van der Waals surface area contributed by atoms with Crippen molar-refractivity contribution in [3.8, 4) is 0 Å². The van der Waals surface area contributed by atoms with Crippen LogP contribution in [0.4, 0.5) is 13.2 Å². The summed E-state index contributed by atoms with van der Waals surface area (Å²) in [6.07, 6.45) is -2.34. The number of oxazole rings is 1. The van der Waals surface area contributed by atoms with Gasteiger partial charge in [-0.25, -0.2) is 14.5 Å². The lowest BCUT2D eigenvalue weighted by molar-refractivity contribution is -0.141. The maximum Gasteiger partial charge on any atom is 0.437 e. The summed E-state index contributed by atoms with van der Waals surface area (Å²) in [7, 11) is 0. The molecule has 8 nitrogen and oxygen atoms in total. The van der Waals surface area contributed by atoms with Gasteiger partial charge in [-0.2, -0.15) is 18.3 Å². The highest BCUT2D eigenvalue weighted by Crippen LogP contribution is 2.37. The zero-order valence-corrected chi connectivity index (χ0v) is 15.8. The molecule has 4 aromatic rings. The number of pyridine rings is 1. The van der Waals surface area contributed by atoms with Crippen molar-refractivity contribution in [1.82, 2.24) is 29.5 Å². The molecular formula is C18H12ClF3N6O2. The molecule has 0 saturated carbocycles. The van der Waals surface area contributed by atoms with E-state index < -0.39 is 29.6 Å². The van der Waals surface area contributed by atoms with Crippen molar-refractivity contribution in [2.75, 3.05) is 6.54 Å². The van der Waals surface area contributed by atoms with Crippen LogP contribution < -0.4 is 0 Å². The Hall–Kier alpha value is -3.34. The molecule has 0 bridgehead atoms. The number of H-pyrrole nitrogens is 1. The van der Waals surface area contributed by atoms with E-state index in [1.807, 2.05) is 0 Å². The van der Waals surface area contributed by atoms with Crippen LogP contribution in [0.1, 0.15) is 39.4 Å². The molecule has 5 heterocycles. The molecule has 0 fully saturated rings. The third-order valence-corrected chi connectivity index (χ3v) is 5.24. The van der Waals surface area contributed by atoms with Gasteiger partial charge >= 0.3 is 6.18 Å². The SMILES string of the molecule is O=C(c1ocnc1C(F)(F)F)N1CCc2[nH]cnc2[C@H]1c1cc2cccc(Cl)n2n1. The summed E-state index contributed by atoms with van der Waals surface area (Å²) in [5.74, 6) is -1.81. The van der Waals surface area contributed by atoms with Gasteiger partial charge < -0.3 is 14.3 Å². The second-order valence-electron chi connectivity index (χ2n) is 6.70. The number of halogens is 4. The van der Waals surface area contributed by atoms with E-state index in [9.17, 15) is 18.0 Å². The Morgan fingerprint density at radius 1 is 1.30 bits per heavy atom. The van der Waals surface area contributed by atoms with Gasteiger partial charge in [-0.15, -0.1) is 0 Å². The van der Waals surface area contributed by atoms with Crippen LogP contribution in [0.15, 0.2) is 41.4 Å². The summed E-state index contributed by atoms with van der Waals surface area (Å²) in [5, 5.41) is 4.82. The first-order valence-corrected chi connectivity index (χ1v) is 9.20. The Morgan fingerprint density at radius 2 is 2.13 bits per heavy atom. The van der Waals surface area contributed by atoms with E-state index in [1.165, 1.54) is 15.7 Å². The number of nitrogens with one attached hydrogen (secondary N) is 1. The largest absolute Gasteiger partial charge is 0.438 e. The van der Waals surface area contributed by atoms with Gasteiger partial charge in [0.05, 0.1) is 23.2 Å². The van der Waals surface area contributed by atoms with Crippen molar-refractivity contribution >= 4 is 23.0 Å². The highest BCUT2D eigenvalue weighted by atomic mass is 35.5. The van der Waals surface area contributed by atoms with E-state index in [1.54, 1.807) is 24.3 Å². The fraction of sp³-hybridized carbons (Fsp3) is 0.222. The number of hydrogen-bond donors (Lipinski definition) is 1. The number of nitrogens with zero attached hydrogens (tertiary/aromatic N) is 5. The van der Waals surface area contributed by atoms with Crippen molar-refractivity contribution < 1.29 is 22.4 Å². The Bertz CT molecular complexity index is 1260. The molecule has 0 radical (unpaired) electrons. The molecule has 1 N–H and O–H groups in total. The molecule has 0 aromatic carbocycles. The molecule has 0 spiro atoms. The first-order chi connectivity index (χ1) is 14.3. The standard InChI is InChI=1S/C18H12ClF3N6O2/c19-12-3-1-2-9-6-11(26-28(9)12)14-13-10(23-7-24-13)4-5-27(14)17(29)15-16(18(20,21)22)25-8-30-15/h1-3,6-8,14H,4-5H2,(H,23,24)/t14-/m1/s1. The van der Waals surface area contributed by atoms with Gasteiger partial charge in [-0.05, 0) is 18.2 Å². The highest BCUT2D eigenvalue weighted by molar-refractivity contribution is 6.29. The molecule has 154 valence electrons. The average molecular weight is 437 g/mol. The molecule has 1 atom stereocenters. The van der Waals surface area contributed by atoms with Crippen molar-refractivity contribution in [1.29, 1.82) is 0 Å². The van der Waals surface area contributed by atoms with Crippen LogP contribution >= 0.6 is 11.6 Å². The molecule has 1 aliphatic heterocycles. The normalized spacial score (nSPS) is 16.8. The predicted molar refractivity (Wildman–Crippen MR) is 96.9 cm³/mol. The average Bonchev–Trinajstić information content (AvgIpc) is 3.44. The molecule has 4 aromatic heterocycles. The van der Waals surface area contributed by atoms with Crippen LogP contribution in [0, 0.1) is 0 Å². The van der Waals surface area contributed by atoms with Crippen molar-refractivity contribution in [3.05, 3.63) is 70.7 Å². The van der Waals surface area contributed by atoms with Crippen molar-refractivity contribution in [2.24, 2.45) is 0 Å². The first kappa shape index (κ1) is 18.7. The number of alkyl halides is 3. The predicted octanol–water partition coefficient (Wildman–Crippen LogP) is 3.51. The van der Waals surface area contributed by atoms with Crippen LogP contribution in [-0.2, 0) is 12.6 Å². The molecule has 0 aliphatic carbocycles. The molecule has 0 unspecified atom stereocenters. The molecule has 30 heavy (non-hydrogen) atoms. The van der Waals surface area contributed by atoms with E-state index in [2.05, 4.69) is 20.1 Å². The van der Waals surface area contributed by atoms with Crippen LogP contribution in [0.3, 0.4) is 0 Å². The van der Waals surface area contributed by atoms with Gasteiger partial charge in [0.15, 0.2) is 12.1 Å². The highest BCUT2D eigenvalue weighted by Gasteiger charge is 2.44. The number of amides is 1. The maximum atomic E-state index is 13.3. The lowest BCUT2D eigenvalue weighted by Crippen LogP contribution is -2.41.